The Morgan fingerprint density at radius 2 is 2.12 bits per heavy atom. The topological polar surface area (TPSA) is 98.0 Å². The number of furan rings is 1. The molecule has 3 aromatic heterocycles. The van der Waals surface area contributed by atoms with Gasteiger partial charge in [0, 0.05) is 18.5 Å². The average molecular weight is 374 g/mol. The predicted octanol–water partition coefficient (Wildman–Crippen LogP) is 2.51. The zero-order chi connectivity index (χ0) is 17.5. The molecule has 3 heterocycles. The third kappa shape index (κ3) is 5.13. The Labute approximate surface area is 153 Å². The number of anilines is 1. The number of aromatic nitrogens is 4. The molecule has 0 aliphatic rings. The highest BCUT2D eigenvalue weighted by atomic mass is 32.2. The second kappa shape index (κ2) is 8.40. The van der Waals surface area contributed by atoms with Gasteiger partial charge in [-0.3, -0.25) is 0 Å². The number of hydrogen-bond donors (Lipinski definition) is 2. The van der Waals surface area contributed by atoms with Gasteiger partial charge in [0.2, 0.25) is 11.8 Å². The second-order valence-electron chi connectivity index (χ2n) is 4.59. The van der Waals surface area contributed by atoms with Crippen molar-refractivity contribution < 1.29 is 9.15 Å². The molecule has 0 aliphatic carbocycles. The Hall–Kier alpha value is -2.72. The van der Waals surface area contributed by atoms with Crippen LogP contribution in [0.1, 0.15) is 5.76 Å². The maximum atomic E-state index is 5.25. The van der Waals surface area contributed by atoms with E-state index in [1.165, 1.54) is 18.9 Å². The molecule has 10 heteroatoms. The summed E-state index contributed by atoms with van der Waals surface area (Å²) < 4.78 is 10.4. The van der Waals surface area contributed by atoms with Gasteiger partial charge in [0.15, 0.2) is 10.3 Å². The van der Waals surface area contributed by atoms with Crippen molar-refractivity contribution in [1.29, 1.82) is 0 Å². The van der Waals surface area contributed by atoms with Gasteiger partial charge in [0.05, 0.1) is 19.9 Å². The summed E-state index contributed by atoms with van der Waals surface area (Å²) >= 11 is 6.54. The highest BCUT2D eigenvalue weighted by Gasteiger charge is 2.09. The van der Waals surface area contributed by atoms with Crippen LogP contribution in [0.2, 0.25) is 0 Å². The van der Waals surface area contributed by atoms with E-state index >= 15 is 0 Å². The SMILES string of the molecule is COc1cc(Sc2ncccn2)nc(NC(=S)NCc2ccco2)n1. The number of ether oxygens (including phenoxy) is 1. The molecule has 0 bridgehead atoms. The molecule has 0 spiro atoms. The monoisotopic (exact) mass is 374 g/mol. The van der Waals surface area contributed by atoms with Crippen molar-refractivity contribution in [2.24, 2.45) is 0 Å². The standard InChI is InChI=1S/C15H14N6O2S2/c1-22-11-8-12(25-15-16-5-3-6-17-15)20-13(19-11)21-14(24)18-9-10-4-2-7-23-10/h2-8H,9H2,1H3,(H2,18,19,20,21,24). The summed E-state index contributed by atoms with van der Waals surface area (Å²) in [6.45, 7) is 0.461. The number of nitrogens with zero attached hydrogens (tertiary/aromatic N) is 4. The molecular formula is C15H14N6O2S2. The van der Waals surface area contributed by atoms with Crippen LogP contribution in [0.3, 0.4) is 0 Å². The van der Waals surface area contributed by atoms with Gasteiger partial charge in [-0.15, -0.1) is 0 Å². The van der Waals surface area contributed by atoms with E-state index in [4.69, 9.17) is 21.4 Å². The number of methoxy groups -OCH3 is 1. The van der Waals surface area contributed by atoms with E-state index < -0.39 is 0 Å². The number of thiocarbonyl (C=S) groups is 1. The lowest BCUT2D eigenvalue weighted by molar-refractivity contribution is 0.396. The smallest absolute Gasteiger partial charge is 0.233 e. The van der Waals surface area contributed by atoms with Crippen molar-refractivity contribution in [1.82, 2.24) is 25.3 Å². The van der Waals surface area contributed by atoms with Crippen LogP contribution in [0.15, 0.2) is 57.5 Å². The summed E-state index contributed by atoms with van der Waals surface area (Å²) in [5.74, 6) is 1.49. The van der Waals surface area contributed by atoms with Gasteiger partial charge >= 0.3 is 0 Å². The van der Waals surface area contributed by atoms with E-state index in [1.54, 1.807) is 30.8 Å². The van der Waals surface area contributed by atoms with Crippen LogP contribution in [-0.2, 0) is 6.54 Å². The van der Waals surface area contributed by atoms with Gasteiger partial charge in [0.25, 0.3) is 0 Å². The normalized spacial score (nSPS) is 10.3. The van der Waals surface area contributed by atoms with Gasteiger partial charge < -0.3 is 19.8 Å². The first-order valence-electron chi connectivity index (χ1n) is 7.18. The summed E-state index contributed by atoms with van der Waals surface area (Å²) in [7, 11) is 1.53. The van der Waals surface area contributed by atoms with Crippen LogP contribution in [0.25, 0.3) is 0 Å². The third-order valence-electron chi connectivity index (χ3n) is 2.85. The highest BCUT2D eigenvalue weighted by Crippen LogP contribution is 2.25. The van der Waals surface area contributed by atoms with Gasteiger partial charge in [-0.1, -0.05) is 0 Å². The zero-order valence-corrected chi connectivity index (χ0v) is 14.8. The van der Waals surface area contributed by atoms with E-state index in [-0.39, 0.29) is 0 Å². The predicted molar refractivity (Wildman–Crippen MR) is 96.5 cm³/mol. The zero-order valence-electron chi connectivity index (χ0n) is 13.2. The molecule has 0 aromatic carbocycles. The Kier molecular flexibility index (Phi) is 5.75. The molecule has 0 amide bonds. The summed E-state index contributed by atoms with van der Waals surface area (Å²) in [6.07, 6.45) is 4.94. The molecule has 0 saturated carbocycles. The fourth-order valence-corrected chi connectivity index (χ4v) is 2.64. The third-order valence-corrected chi connectivity index (χ3v) is 3.91. The van der Waals surface area contributed by atoms with Crippen molar-refractivity contribution in [2.75, 3.05) is 12.4 Å². The molecule has 0 unspecified atom stereocenters. The maximum absolute atomic E-state index is 5.25. The Balaban J connectivity index is 1.67. The number of nitrogens with one attached hydrogen (secondary N) is 2. The fourth-order valence-electron chi connectivity index (χ4n) is 1.77. The summed E-state index contributed by atoms with van der Waals surface area (Å²) in [5.41, 5.74) is 0. The minimum absolute atomic E-state index is 0.315. The van der Waals surface area contributed by atoms with E-state index in [2.05, 4.69) is 30.6 Å². The van der Waals surface area contributed by atoms with E-state index in [9.17, 15) is 0 Å². The van der Waals surface area contributed by atoms with Gasteiger partial charge in [-0.2, -0.15) is 4.98 Å². The fraction of sp³-hybridized carbons (Fsp3) is 0.133. The van der Waals surface area contributed by atoms with Crippen LogP contribution in [0.5, 0.6) is 5.88 Å². The maximum Gasteiger partial charge on any atom is 0.233 e. The molecule has 0 atom stereocenters. The van der Waals surface area contributed by atoms with Crippen LogP contribution >= 0.6 is 24.0 Å². The van der Waals surface area contributed by atoms with Gasteiger partial charge in [0.1, 0.15) is 10.8 Å². The summed E-state index contributed by atoms with van der Waals surface area (Å²) in [5, 5.41) is 7.52. The van der Waals surface area contributed by atoms with Gasteiger partial charge in [-0.05, 0) is 42.2 Å². The van der Waals surface area contributed by atoms with Gasteiger partial charge in [-0.25, -0.2) is 15.0 Å². The van der Waals surface area contributed by atoms with Crippen molar-refractivity contribution in [3.8, 4) is 5.88 Å². The molecule has 0 saturated heterocycles. The molecule has 2 N–H and O–H groups in total. The lowest BCUT2D eigenvalue weighted by Crippen LogP contribution is -2.28. The molecule has 0 aliphatic heterocycles. The minimum atomic E-state index is 0.315. The highest BCUT2D eigenvalue weighted by molar-refractivity contribution is 7.99. The molecule has 8 nitrogen and oxygen atoms in total. The minimum Gasteiger partial charge on any atom is -0.481 e. The van der Waals surface area contributed by atoms with E-state index in [0.717, 1.165) is 5.76 Å². The first-order valence-corrected chi connectivity index (χ1v) is 8.40. The lowest BCUT2D eigenvalue weighted by atomic mass is 10.4. The first kappa shape index (κ1) is 17.1. The summed E-state index contributed by atoms with van der Waals surface area (Å²) in [4.78, 5) is 16.9. The Bertz CT molecular complexity index is 829. The Morgan fingerprint density at radius 1 is 1.28 bits per heavy atom. The van der Waals surface area contributed by atoms with E-state index in [0.29, 0.717) is 33.7 Å². The molecule has 0 radical (unpaired) electrons. The second-order valence-corrected chi connectivity index (χ2v) is 5.99. The molecule has 3 aromatic rings. The number of hydrogen-bond acceptors (Lipinski definition) is 8. The van der Waals surface area contributed by atoms with Crippen LogP contribution in [-0.4, -0.2) is 32.2 Å². The first-order chi connectivity index (χ1) is 12.2. The molecular weight excluding hydrogens is 360 g/mol. The van der Waals surface area contributed by atoms with Crippen LogP contribution in [0.4, 0.5) is 5.95 Å². The van der Waals surface area contributed by atoms with Crippen molar-refractivity contribution in [2.45, 2.75) is 16.7 Å². The van der Waals surface area contributed by atoms with Crippen LogP contribution in [0, 0.1) is 0 Å². The number of rotatable bonds is 6. The lowest BCUT2D eigenvalue weighted by Gasteiger charge is -2.10. The molecule has 128 valence electrons. The molecule has 3 rings (SSSR count). The van der Waals surface area contributed by atoms with Crippen molar-refractivity contribution >= 4 is 35.0 Å². The van der Waals surface area contributed by atoms with Crippen LogP contribution < -0.4 is 15.4 Å². The largest absolute Gasteiger partial charge is 0.481 e. The van der Waals surface area contributed by atoms with E-state index in [1.807, 2.05) is 12.1 Å². The quantitative estimate of drug-likeness (QED) is 0.380. The Morgan fingerprint density at radius 3 is 2.84 bits per heavy atom. The molecule has 25 heavy (non-hydrogen) atoms. The van der Waals surface area contributed by atoms with Crippen molar-refractivity contribution in [3.63, 3.8) is 0 Å². The van der Waals surface area contributed by atoms with Crippen molar-refractivity contribution in [3.05, 3.63) is 48.7 Å². The molecule has 0 fully saturated rings. The summed E-state index contributed by atoms with van der Waals surface area (Å²) in [6, 6.07) is 7.12. The average Bonchev–Trinajstić information content (AvgIpc) is 3.14.